The first-order valence-electron chi connectivity index (χ1n) is 10.2. The summed E-state index contributed by atoms with van der Waals surface area (Å²) in [5, 5.41) is 3.88. The molecule has 168 valence electrons. The molecule has 0 spiro atoms. The summed E-state index contributed by atoms with van der Waals surface area (Å²) in [5.74, 6) is 0.773. The fourth-order valence-electron chi connectivity index (χ4n) is 3.64. The SMILES string of the molecule is O=C(CN1CCOCC1)N1CCN(Cc2nc(-c3ccc(C(F)(F)F)cc3)no2)CC1. The zero-order valence-electron chi connectivity index (χ0n) is 17.0. The summed E-state index contributed by atoms with van der Waals surface area (Å²) in [7, 11) is 0. The highest BCUT2D eigenvalue weighted by Gasteiger charge is 2.30. The number of carbonyl (C=O) groups excluding carboxylic acids is 1. The maximum absolute atomic E-state index is 12.7. The molecule has 3 heterocycles. The molecule has 1 aromatic heterocycles. The van der Waals surface area contributed by atoms with Crippen LogP contribution in [0.4, 0.5) is 13.2 Å². The van der Waals surface area contributed by atoms with Gasteiger partial charge in [-0.15, -0.1) is 0 Å². The quantitative estimate of drug-likeness (QED) is 0.703. The van der Waals surface area contributed by atoms with Gasteiger partial charge in [-0.05, 0) is 12.1 Å². The summed E-state index contributed by atoms with van der Waals surface area (Å²) >= 11 is 0. The maximum atomic E-state index is 12.7. The highest BCUT2D eigenvalue weighted by molar-refractivity contribution is 5.78. The number of nitrogens with zero attached hydrogens (tertiary/aromatic N) is 5. The van der Waals surface area contributed by atoms with Gasteiger partial charge >= 0.3 is 6.18 Å². The Morgan fingerprint density at radius 1 is 0.968 bits per heavy atom. The van der Waals surface area contributed by atoms with Crippen LogP contribution in [-0.2, 0) is 22.3 Å². The second-order valence-electron chi connectivity index (χ2n) is 7.63. The van der Waals surface area contributed by atoms with Crippen molar-refractivity contribution in [1.82, 2.24) is 24.8 Å². The molecule has 2 aromatic rings. The Balaban J connectivity index is 1.26. The van der Waals surface area contributed by atoms with E-state index in [4.69, 9.17) is 9.26 Å². The topological polar surface area (TPSA) is 74.9 Å². The first-order valence-corrected chi connectivity index (χ1v) is 10.2. The van der Waals surface area contributed by atoms with Crippen LogP contribution in [-0.4, -0.2) is 89.8 Å². The van der Waals surface area contributed by atoms with Crippen molar-refractivity contribution in [2.45, 2.75) is 12.7 Å². The van der Waals surface area contributed by atoms with Gasteiger partial charge in [-0.1, -0.05) is 17.3 Å². The maximum Gasteiger partial charge on any atom is 0.416 e. The highest BCUT2D eigenvalue weighted by atomic mass is 19.4. The molecule has 0 radical (unpaired) electrons. The average molecular weight is 439 g/mol. The number of aromatic nitrogens is 2. The zero-order valence-corrected chi connectivity index (χ0v) is 17.0. The van der Waals surface area contributed by atoms with Crippen LogP contribution in [0.25, 0.3) is 11.4 Å². The minimum absolute atomic E-state index is 0.129. The molecule has 2 saturated heterocycles. The second-order valence-corrected chi connectivity index (χ2v) is 7.63. The smallest absolute Gasteiger partial charge is 0.379 e. The first kappa shape index (κ1) is 21.7. The number of morpholine rings is 1. The van der Waals surface area contributed by atoms with E-state index in [9.17, 15) is 18.0 Å². The van der Waals surface area contributed by atoms with Crippen LogP contribution in [0.15, 0.2) is 28.8 Å². The molecule has 4 rings (SSSR count). The number of halogens is 3. The van der Waals surface area contributed by atoms with Crippen LogP contribution < -0.4 is 0 Å². The third kappa shape index (κ3) is 5.60. The fraction of sp³-hybridized carbons (Fsp3) is 0.550. The van der Waals surface area contributed by atoms with Crippen molar-refractivity contribution in [3.8, 4) is 11.4 Å². The summed E-state index contributed by atoms with van der Waals surface area (Å²) in [4.78, 5) is 22.9. The van der Waals surface area contributed by atoms with Crippen molar-refractivity contribution >= 4 is 5.91 Å². The molecule has 31 heavy (non-hydrogen) atoms. The third-order valence-corrected chi connectivity index (χ3v) is 5.48. The summed E-state index contributed by atoms with van der Waals surface area (Å²) in [6.07, 6.45) is -4.38. The van der Waals surface area contributed by atoms with Crippen molar-refractivity contribution in [3.05, 3.63) is 35.7 Å². The van der Waals surface area contributed by atoms with Gasteiger partial charge in [0.05, 0.1) is 31.9 Å². The minimum Gasteiger partial charge on any atom is -0.379 e. The molecule has 2 aliphatic rings. The molecular formula is C20H24F3N5O3. The largest absolute Gasteiger partial charge is 0.416 e. The summed E-state index contributed by atoms with van der Waals surface area (Å²) in [6, 6.07) is 4.66. The first-order chi connectivity index (χ1) is 14.9. The Kier molecular flexibility index (Phi) is 6.54. The number of benzene rings is 1. The zero-order chi connectivity index (χ0) is 21.8. The Labute approximate surface area is 177 Å². The number of hydrogen-bond acceptors (Lipinski definition) is 7. The Morgan fingerprint density at radius 2 is 1.65 bits per heavy atom. The number of piperazine rings is 1. The van der Waals surface area contributed by atoms with E-state index >= 15 is 0 Å². The van der Waals surface area contributed by atoms with E-state index < -0.39 is 11.7 Å². The number of hydrogen-bond donors (Lipinski definition) is 0. The molecular weight excluding hydrogens is 415 g/mol. The highest BCUT2D eigenvalue weighted by Crippen LogP contribution is 2.30. The van der Waals surface area contributed by atoms with Gasteiger partial charge in [0.25, 0.3) is 0 Å². The van der Waals surface area contributed by atoms with Crippen LogP contribution in [0.2, 0.25) is 0 Å². The van der Waals surface area contributed by atoms with E-state index in [0.29, 0.717) is 63.9 Å². The molecule has 11 heteroatoms. The molecule has 1 aromatic carbocycles. The van der Waals surface area contributed by atoms with Crippen LogP contribution in [0.1, 0.15) is 11.5 Å². The number of ether oxygens (including phenoxy) is 1. The van der Waals surface area contributed by atoms with Gasteiger partial charge in [0, 0.05) is 44.8 Å². The lowest BCUT2D eigenvalue weighted by atomic mass is 10.1. The van der Waals surface area contributed by atoms with Crippen LogP contribution in [0.5, 0.6) is 0 Å². The van der Waals surface area contributed by atoms with Crippen LogP contribution >= 0.6 is 0 Å². The van der Waals surface area contributed by atoms with Gasteiger partial charge in [0.1, 0.15) is 0 Å². The van der Waals surface area contributed by atoms with E-state index in [-0.39, 0.29) is 11.7 Å². The molecule has 0 saturated carbocycles. The number of amides is 1. The molecule has 0 bridgehead atoms. The van der Waals surface area contributed by atoms with Crippen molar-refractivity contribution in [2.75, 3.05) is 59.0 Å². The molecule has 8 nitrogen and oxygen atoms in total. The number of alkyl halides is 3. The second kappa shape index (κ2) is 9.33. The molecule has 0 aliphatic carbocycles. The number of rotatable bonds is 5. The van der Waals surface area contributed by atoms with Crippen molar-refractivity contribution in [3.63, 3.8) is 0 Å². The lowest BCUT2D eigenvalue weighted by Gasteiger charge is -2.35. The van der Waals surface area contributed by atoms with Gasteiger partial charge in [-0.25, -0.2) is 0 Å². The molecule has 2 aliphatic heterocycles. The van der Waals surface area contributed by atoms with Gasteiger partial charge in [0.15, 0.2) is 0 Å². The van der Waals surface area contributed by atoms with E-state index in [1.165, 1.54) is 12.1 Å². The molecule has 0 unspecified atom stereocenters. The van der Waals surface area contributed by atoms with Crippen molar-refractivity contribution in [1.29, 1.82) is 0 Å². The average Bonchev–Trinajstić information content (AvgIpc) is 3.23. The predicted octanol–water partition coefficient (Wildman–Crippen LogP) is 1.73. The van der Waals surface area contributed by atoms with E-state index in [0.717, 1.165) is 25.2 Å². The molecule has 0 N–H and O–H groups in total. The molecule has 2 fully saturated rings. The van der Waals surface area contributed by atoms with E-state index in [2.05, 4.69) is 19.9 Å². The monoisotopic (exact) mass is 439 g/mol. The third-order valence-electron chi connectivity index (χ3n) is 5.48. The Hall–Kier alpha value is -2.50. The Bertz CT molecular complexity index is 873. The fourth-order valence-corrected chi connectivity index (χ4v) is 3.64. The normalized spacial score (nSPS) is 19.0. The van der Waals surface area contributed by atoms with Gasteiger partial charge in [0.2, 0.25) is 17.6 Å². The lowest BCUT2D eigenvalue weighted by molar-refractivity contribution is -0.137. The van der Waals surface area contributed by atoms with Crippen molar-refractivity contribution in [2.24, 2.45) is 0 Å². The summed E-state index contributed by atoms with van der Waals surface area (Å²) in [5.41, 5.74) is -0.262. The Morgan fingerprint density at radius 3 is 2.29 bits per heavy atom. The van der Waals surface area contributed by atoms with E-state index in [1.807, 2.05) is 4.90 Å². The lowest BCUT2D eigenvalue weighted by Crippen LogP contribution is -2.52. The van der Waals surface area contributed by atoms with Crippen LogP contribution in [0, 0.1) is 0 Å². The van der Waals surface area contributed by atoms with E-state index in [1.54, 1.807) is 0 Å². The standard InChI is InChI=1S/C20H24F3N5O3/c21-20(22,23)16-3-1-15(2-4-16)19-24-17(31-25-19)13-26-5-7-28(8-6-26)18(29)14-27-9-11-30-12-10-27/h1-4H,5-14H2. The molecule has 0 atom stereocenters. The van der Waals surface area contributed by atoms with Gasteiger partial charge in [-0.2, -0.15) is 18.2 Å². The van der Waals surface area contributed by atoms with Gasteiger partial charge < -0.3 is 14.2 Å². The molecule has 1 amide bonds. The van der Waals surface area contributed by atoms with Crippen LogP contribution in [0.3, 0.4) is 0 Å². The predicted molar refractivity (Wildman–Crippen MR) is 104 cm³/mol. The van der Waals surface area contributed by atoms with Crippen molar-refractivity contribution < 1.29 is 27.2 Å². The minimum atomic E-state index is -4.38. The number of carbonyl (C=O) groups is 1. The summed E-state index contributed by atoms with van der Waals surface area (Å²) in [6.45, 7) is 6.38. The van der Waals surface area contributed by atoms with Gasteiger partial charge in [-0.3, -0.25) is 14.6 Å². The summed E-state index contributed by atoms with van der Waals surface area (Å²) < 4.78 is 48.7.